The van der Waals surface area contributed by atoms with Gasteiger partial charge in [-0.1, -0.05) is 0 Å². The van der Waals surface area contributed by atoms with Gasteiger partial charge in [0.05, 0.1) is 11.3 Å². The maximum atomic E-state index is 15.0. The smallest absolute Gasteiger partial charge is 0.343 e. The molecule has 1 fully saturated rings. The van der Waals surface area contributed by atoms with E-state index in [9.17, 15) is 9.59 Å². The molecule has 1 aliphatic rings. The molecule has 0 bridgehead atoms. The van der Waals surface area contributed by atoms with Gasteiger partial charge in [-0.2, -0.15) is 4.57 Å². The molecule has 9 heteroatoms. The van der Waals surface area contributed by atoms with Gasteiger partial charge < -0.3 is 43.1 Å². The fourth-order valence-electron chi connectivity index (χ4n) is 5.28. The second-order valence-corrected chi connectivity index (χ2v) is 9.89. The number of carbonyl (C=O) groups is 1. The molecule has 0 saturated carbocycles. The van der Waals surface area contributed by atoms with Crippen LogP contribution in [-0.2, 0) is 11.8 Å². The van der Waals surface area contributed by atoms with Crippen LogP contribution in [0.3, 0.4) is 0 Å². The lowest BCUT2D eigenvalue weighted by Gasteiger charge is -2.35. The molecule has 210 valence electrons. The fourth-order valence-corrected chi connectivity index (χ4v) is 5.28. The molecular weight excluding hydrogens is 622 g/mol. The summed E-state index contributed by atoms with van der Waals surface area (Å²) < 4.78 is 22.7. The van der Waals surface area contributed by atoms with Gasteiger partial charge >= 0.3 is 5.63 Å². The van der Waals surface area contributed by atoms with Crippen molar-refractivity contribution < 1.29 is 42.1 Å². The van der Waals surface area contributed by atoms with Crippen molar-refractivity contribution in [2.45, 2.75) is 20.8 Å². The fraction of sp³-hybridized carbons (Fsp3) is 0.323. The summed E-state index contributed by atoms with van der Waals surface area (Å²) in [5.41, 5.74) is 3.92. The van der Waals surface area contributed by atoms with Crippen LogP contribution in [0.2, 0.25) is 0 Å². The highest BCUT2D eigenvalue weighted by Gasteiger charge is 2.23. The second-order valence-electron chi connectivity index (χ2n) is 9.89. The normalized spacial score (nSPS) is 13.7. The Morgan fingerprint density at radius 2 is 1.70 bits per heavy atom. The van der Waals surface area contributed by atoms with Crippen LogP contribution < -0.4 is 44.0 Å². The molecule has 0 N–H and O–H groups in total. The molecule has 40 heavy (non-hydrogen) atoms. The summed E-state index contributed by atoms with van der Waals surface area (Å²) in [6.45, 7) is 9.82. The maximum Gasteiger partial charge on any atom is 0.343 e. The zero-order valence-corrected chi connectivity index (χ0v) is 25.4. The molecule has 4 aromatic rings. The lowest BCUT2D eigenvalue weighted by Crippen LogP contribution is -3.00. The number of halogens is 2. The van der Waals surface area contributed by atoms with E-state index in [1.54, 1.807) is 24.0 Å². The maximum absolute atomic E-state index is 15.0. The van der Waals surface area contributed by atoms with Crippen molar-refractivity contribution in [3.8, 4) is 0 Å². The van der Waals surface area contributed by atoms with Gasteiger partial charge in [-0.15, -0.1) is 0 Å². The average Bonchev–Trinajstić information content (AvgIpc) is 2.93. The van der Waals surface area contributed by atoms with Crippen LogP contribution in [0.4, 0.5) is 15.8 Å². The summed E-state index contributed by atoms with van der Waals surface area (Å²) in [5.74, 6) is -0.235. The van der Waals surface area contributed by atoms with E-state index in [1.807, 2.05) is 65.1 Å². The number of benzene rings is 2. The van der Waals surface area contributed by atoms with Crippen molar-refractivity contribution in [3.05, 3.63) is 76.0 Å². The summed E-state index contributed by atoms with van der Waals surface area (Å²) >= 11 is 0. The first-order valence-corrected chi connectivity index (χ1v) is 13.4. The number of piperazine rings is 1. The van der Waals surface area contributed by atoms with Crippen LogP contribution in [0, 0.1) is 5.82 Å². The van der Waals surface area contributed by atoms with Gasteiger partial charge in [0, 0.05) is 86.9 Å². The Kier molecular flexibility index (Phi) is 9.12. The SMILES string of the molecule is CCN(CC)c1ccc2cc(/C=C/c3ccc4cc(F)c(N5CCN(C(C)=O)CC5)cc4[n+]3C)c(=O)oc2c1.[I-]. The molecule has 2 aromatic heterocycles. The van der Waals surface area contributed by atoms with Gasteiger partial charge in [0.15, 0.2) is 0 Å². The number of aromatic nitrogens is 1. The number of rotatable bonds is 6. The number of pyridine rings is 1. The van der Waals surface area contributed by atoms with Crippen LogP contribution in [0.25, 0.3) is 34.0 Å². The topological polar surface area (TPSA) is 60.9 Å². The summed E-state index contributed by atoms with van der Waals surface area (Å²) in [5, 5.41) is 1.64. The van der Waals surface area contributed by atoms with Gasteiger partial charge in [0.25, 0.3) is 0 Å². The molecule has 0 spiro atoms. The molecule has 0 atom stereocenters. The Morgan fingerprint density at radius 3 is 2.38 bits per heavy atom. The standard InChI is InChI=1S/C31H34FN4O3.HI/c1-5-34(6-2)26-12-8-23-17-24(31(38)39-30(23)19-26)9-11-25-10-7-22-18-27(32)29(20-28(22)33(25)4)36-15-13-35(14-16-36)21(3)37;/h7-12,17-20H,5-6,13-16H2,1-4H3;1H/q+1;/p-1. The number of carbonyl (C=O) groups excluding carboxylic acids is 1. The largest absolute Gasteiger partial charge is 1.00 e. The van der Waals surface area contributed by atoms with Crippen molar-refractivity contribution in [3.63, 3.8) is 0 Å². The molecule has 0 unspecified atom stereocenters. The van der Waals surface area contributed by atoms with E-state index < -0.39 is 5.63 Å². The van der Waals surface area contributed by atoms with Crippen LogP contribution in [-0.4, -0.2) is 50.1 Å². The summed E-state index contributed by atoms with van der Waals surface area (Å²) in [4.78, 5) is 30.4. The number of nitrogens with zero attached hydrogens (tertiary/aromatic N) is 4. The summed E-state index contributed by atoms with van der Waals surface area (Å²) in [6, 6.07) is 15.0. The van der Waals surface area contributed by atoms with Crippen molar-refractivity contribution >= 4 is 51.3 Å². The quantitative estimate of drug-likeness (QED) is 0.180. The number of anilines is 2. The minimum atomic E-state index is -0.395. The second kappa shape index (κ2) is 12.4. The molecule has 2 aromatic carbocycles. The van der Waals surface area contributed by atoms with Gasteiger partial charge in [-0.05, 0) is 50.3 Å². The first kappa shape index (κ1) is 29.5. The van der Waals surface area contributed by atoms with Crippen molar-refractivity contribution in [2.75, 3.05) is 49.1 Å². The molecule has 1 amide bonds. The number of hydrogen-bond acceptors (Lipinski definition) is 5. The molecule has 1 saturated heterocycles. The number of fused-ring (bicyclic) bond motifs is 2. The zero-order valence-electron chi connectivity index (χ0n) is 23.3. The Morgan fingerprint density at radius 1 is 1.00 bits per heavy atom. The Labute approximate surface area is 250 Å². The van der Waals surface area contributed by atoms with E-state index in [-0.39, 0.29) is 35.7 Å². The monoisotopic (exact) mass is 656 g/mol. The van der Waals surface area contributed by atoms with Gasteiger partial charge in [0.2, 0.25) is 17.1 Å². The predicted molar refractivity (Wildman–Crippen MR) is 155 cm³/mol. The van der Waals surface area contributed by atoms with E-state index in [4.69, 9.17) is 4.42 Å². The molecule has 3 heterocycles. The van der Waals surface area contributed by atoms with Gasteiger partial charge in [-0.25, -0.2) is 9.18 Å². The van der Waals surface area contributed by atoms with Gasteiger partial charge in [0.1, 0.15) is 18.4 Å². The predicted octanol–water partition coefficient (Wildman–Crippen LogP) is 1.60. The highest BCUT2D eigenvalue weighted by atomic mass is 127. The minimum absolute atomic E-state index is 0. The third-order valence-electron chi connectivity index (χ3n) is 7.65. The van der Waals surface area contributed by atoms with Crippen LogP contribution in [0.5, 0.6) is 0 Å². The van der Waals surface area contributed by atoms with Crippen LogP contribution in [0.15, 0.2) is 57.7 Å². The summed E-state index contributed by atoms with van der Waals surface area (Å²) in [7, 11) is 1.93. The molecule has 5 rings (SSSR count). The first-order chi connectivity index (χ1) is 18.8. The highest BCUT2D eigenvalue weighted by molar-refractivity contribution is 5.84. The molecular formula is C31H34FIN4O3. The molecule has 1 aliphatic heterocycles. The first-order valence-electron chi connectivity index (χ1n) is 13.4. The Hall–Kier alpha value is -3.47. The van der Waals surface area contributed by atoms with E-state index in [0.717, 1.165) is 40.8 Å². The van der Waals surface area contributed by atoms with Gasteiger partial charge in [-0.3, -0.25) is 4.79 Å². The van der Waals surface area contributed by atoms with Crippen molar-refractivity contribution in [1.29, 1.82) is 0 Å². The number of amides is 1. The summed E-state index contributed by atoms with van der Waals surface area (Å²) in [6.07, 6.45) is 3.63. The highest BCUT2D eigenvalue weighted by Crippen LogP contribution is 2.26. The minimum Gasteiger partial charge on any atom is -1.00 e. The van der Waals surface area contributed by atoms with Crippen LogP contribution in [0.1, 0.15) is 32.0 Å². The van der Waals surface area contributed by atoms with E-state index in [1.165, 1.54) is 0 Å². The third kappa shape index (κ3) is 5.84. The van der Waals surface area contributed by atoms with Crippen molar-refractivity contribution in [1.82, 2.24) is 4.90 Å². The van der Waals surface area contributed by atoms with E-state index >= 15 is 4.39 Å². The number of hydrogen-bond donors (Lipinski definition) is 0. The molecule has 7 nitrogen and oxygen atoms in total. The zero-order chi connectivity index (χ0) is 27.7. The molecule has 0 radical (unpaired) electrons. The van der Waals surface area contributed by atoms with E-state index in [0.29, 0.717) is 43.0 Å². The lowest BCUT2D eigenvalue weighted by molar-refractivity contribution is -0.646. The van der Waals surface area contributed by atoms with E-state index in [2.05, 4.69) is 18.7 Å². The Bertz CT molecular complexity index is 1640. The third-order valence-corrected chi connectivity index (χ3v) is 7.65. The Balaban J connectivity index is 0.00000370. The lowest BCUT2D eigenvalue weighted by atomic mass is 10.1. The van der Waals surface area contributed by atoms with Crippen LogP contribution >= 0.6 is 0 Å². The average molecular weight is 657 g/mol. The molecule has 0 aliphatic carbocycles. The van der Waals surface area contributed by atoms with Crippen molar-refractivity contribution in [2.24, 2.45) is 7.05 Å². The number of aryl methyl sites for hydroxylation is 1.